The summed E-state index contributed by atoms with van der Waals surface area (Å²) in [7, 11) is 0. The Kier molecular flexibility index (Phi) is 5.44. The molecule has 1 fully saturated rings. The molecule has 0 aromatic heterocycles. The van der Waals surface area contributed by atoms with Crippen LogP contribution in [0, 0.1) is 25.7 Å². The Balaban J connectivity index is 1.43. The Morgan fingerprint density at radius 2 is 1.30 bits per heavy atom. The van der Waals surface area contributed by atoms with Gasteiger partial charge in [0.2, 0.25) is 17.7 Å². The molecular weight excluding hydrogens is 575 g/mol. The van der Waals surface area contributed by atoms with E-state index in [0.29, 0.717) is 5.69 Å². The van der Waals surface area contributed by atoms with Crippen molar-refractivity contribution in [2.24, 2.45) is 11.8 Å². The summed E-state index contributed by atoms with van der Waals surface area (Å²) in [5.41, 5.74) is 5.35. The lowest BCUT2D eigenvalue weighted by Crippen LogP contribution is -2.57. The molecule has 3 amide bonds. The quantitative estimate of drug-likeness (QED) is 0.298. The Labute approximate surface area is 233 Å². The summed E-state index contributed by atoms with van der Waals surface area (Å²) < 4.78 is 0.930. The zero-order chi connectivity index (χ0) is 26.4. The van der Waals surface area contributed by atoms with E-state index in [2.05, 4.69) is 21.2 Å². The van der Waals surface area contributed by atoms with Gasteiger partial charge in [-0.1, -0.05) is 64.5 Å². The van der Waals surface area contributed by atoms with Crippen LogP contribution in [0.3, 0.4) is 0 Å². The number of nitrogens with zero attached hydrogens (tertiary/aromatic N) is 1. The van der Waals surface area contributed by atoms with Crippen LogP contribution in [0.1, 0.15) is 40.3 Å². The summed E-state index contributed by atoms with van der Waals surface area (Å²) in [5.74, 6) is -3.29. The van der Waals surface area contributed by atoms with Crippen molar-refractivity contribution < 1.29 is 14.4 Å². The summed E-state index contributed by atoms with van der Waals surface area (Å²) >= 11 is 18.4. The number of rotatable bonds is 3. The number of aryl methyl sites for hydroxylation is 2. The number of anilines is 1. The van der Waals surface area contributed by atoms with Crippen molar-refractivity contribution in [1.82, 2.24) is 4.90 Å². The van der Waals surface area contributed by atoms with Crippen molar-refractivity contribution in [3.63, 3.8) is 0 Å². The molecule has 1 saturated heterocycles. The Hall–Kier alpha value is -2.67. The molecule has 1 N–H and O–H groups in total. The van der Waals surface area contributed by atoms with E-state index in [-0.39, 0.29) is 0 Å². The maximum absolute atomic E-state index is 14.0. The molecular formula is C29H23BrCl2N2O3. The fraction of sp³-hybridized carbons (Fsp3) is 0.276. The molecule has 3 aliphatic carbocycles. The van der Waals surface area contributed by atoms with Crippen LogP contribution in [0.4, 0.5) is 5.69 Å². The molecule has 0 saturated carbocycles. The van der Waals surface area contributed by atoms with Crippen LogP contribution in [-0.4, -0.2) is 28.7 Å². The molecule has 3 atom stereocenters. The van der Waals surface area contributed by atoms with Gasteiger partial charge in [0.15, 0.2) is 0 Å². The summed E-state index contributed by atoms with van der Waals surface area (Å²) in [6, 6.07) is 17.7. The van der Waals surface area contributed by atoms with Crippen LogP contribution >= 0.6 is 39.1 Å². The number of carbonyl (C=O) groups excluding carboxylic acids is 3. The molecule has 2 bridgehead atoms. The Bertz CT molecular complexity index is 1420. The van der Waals surface area contributed by atoms with Crippen molar-refractivity contribution in [2.45, 2.75) is 36.6 Å². The minimum atomic E-state index is -1.27. The van der Waals surface area contributed by atoms with Gasteiger partial charge in [-0.25, -0.2) is 0 Å². The lowest BCUT2D eigenvalue weighted by molar-refractivity contribution is -0.146. The van der Waals surface area contributed by atoms with E-state index >= 15 is 0 Å². The van der Waals surface area contributed by atoms with E-state index in [4.69, 9.17) is 23.2 Å². The van der Waals surface area contributed by atoms with Crippen LogP contribution < -0.4 is 5.32 Å². The highest BCUT2D eigenvalue weighted by atomic mass is 79.9. The van der Waals surface area contributed by atoms with Crippen LogP contribution in [0.15, 0.2) is 65.1 Å². The highest BCUT2D eigenvalue weighted by Crippen LogP contribution is 2.69. The molecule has 188 valence electrons. The molecule has 5 nitrogen and oxygen atoms in total. The predicted octanol–water partition coefficient (Wildman–Crippen LogP) is 5.99. The predicted molar refractivity (Wildman–Crippen MR) is 147 cm³/mol. The van der Waals surface area contributed by atoms with E-state index in [0.717, 1.165) is 42.8 Å². The second-order valence-corrected chi connectivity index (χ2v) is 12.1. The third kappa shape index (κ3) is 3.06. The second-order valence-electron chi connectivity index (χ2n) is 10.1. The maximum Gasteiger partial charge on any atom is 0.247 e. The van der Waals surface area contributed by atoms with Gasteiger partial charge in [0.1, 0.15) is 15.8 Å². The molecule has 1 aliphatic heterocycles. The third-order valence-electron chi connectivity index (χ3n) is 8.15. The van der Waals surface area contributed by atoms with E-state index < -0.39 is 45.3 Å². The van der Waals surface area contributed by atoms with Crippen molar-refractivity contribution in [2.75, 3.05) is 5.32 Å². The molecule has 0 spiro atoms. The largest absolute Gasteiger partial charge is 0.324 e. The lowest BCUT2D eigenvalue weighted by atomic mass is 9.54. The number of likely N-dealkylation sites (tertiary alicyclic amines) is 1. The number of amides is 3. The fourth-order valence-corrected chi connectivity index (χ4v) is 7.90. The number of carbonyl (C=O) groups is 3. The number of hydrogen-bond acceptors (Lipinski definition) is 3. The Morgan fingerprint density at radius 1 is 0.865 bits per heavy atom. The van der Waals surface area contributed by atoms with Crippen LogP contribution in [0.2, 0.25) is 0 Å². The minimum absolute atomic E-state index is 0.459. The van der Waals surface area contributed by atoms with Gasteiger partial charge >= 0.3 is 0 Å². The van der Waals surface area contributed by atoms with Crippen molar-refractivity contribution in [3.8, 4) is 0 Å². The molecule has 37 heavy (non-hydrogen) atoms. The van der Waals surface area contributed by atoms with Gasteiger partial charge in [0.05, 0.1) is 11.8 Å². The average molecular weight is 598 g/mol. The minimum Gasteiger partial charge on any atom is -0.324 e. The van der Waals surface area contributed by atoms with Crippen molar-refractivity contribution in [3.05, 3.63) is 98.5 Å². The molecule has 7 rings (SSSR count). The van der Waals surface area contributed by atoms with Crippen LogP contribution in [0.25, 0.3) is 0 Å². The number of halogens is 3. The first-order valence-electron chi connectivity index (χ1n) is 12.0. The second kappa shape index (κ2) is 8.16. The molecule has 4 aliphatic rings. The number of benzene rings is 3. The highest BCUT2D eigenvalue weighted by Gasteiger charge is 2.73. The summed E-state index contributed by atoms with van der Waals surface area (Å²) in [6.45, 7) is 5.37. The monoisotopic (exact) mass is 596 g/mol. The van der Waals surface area contributed by atoms with Gasteiger partial charge in [-0.05, 0) is 66.3 Å². The molecule has 1 heterocycles. The topological polar surface area (TPSA) is 66.5 Å². The zero-order valence-electron chi connectivity index (χ0n) is 20.3. The number of alkyl halides is 2. The summed E-state index contributed by atoms with van der Waals surface area (Å²) in [5, 5.41) is 2.90. The van der Waals surface area contributed by atoms with Crippen LogP contribution in [0.5, 0.6) is 0 Å². The standard InChI is InChI=1S/C29H23BrCl2N2O3/c1-14-13-22(15(2)12-21(14)30)33-25(35)16(3)34-26(36)23-24(27(34)37)29(32)18-9-5-4-8-17(18)28(23,31)19-10-6-7-11-20(19)29/h4-13,16,23-24H,1-3H3,(H,33,35)/t16-,23-,24-,28?,29?/m0/s1. The van der Waals surface area contributed by atoms with Crippen molar-refractivity contribution >= 4 is 62.5 Å². The van der Waals surface area contributed by atoms with Gasteiger partial charge in [-0.3, -0.25) is 19.3 Å². The molecule has 0 unspecified atom stereocenters. The van der Waals surface area contributed by atoms with E-state index in [1.807, 2.05) is 74.5 Å². The molecule has 0 radical (unpaired) electrons. The number of nitrogens with one attached hydrogen (secondary N) is 1. The number of hydrogen-bond donors (Lipinski definition) is 1. The first-order chi connectivity index (χ1) is 17.5. The van der Waals surface area contributed by atoms with E-state index in [9.17, 15) is 14.4 Å². The zero-order valence-corrected chi connectivity index (χ0v) is 23.4. The van der Waals surface area contributed by atoms with Gasteiger partial charge < -0.3 is 5.32 Å². The van der Waals surface area contributed by atoms with Crippen molar-refractivity contribution in [1.29, 1.82) is 0 Å². The molecule has 3 aromatic carbocycles. The van der Waals surface area contributed by atoms with Gasteiger partial charge in [-0.2, -0.15) is 0 Å². The SMILES string of the molecule is Cc1cc(NC(=O)[C@H](C)N2C(=O)[C@@H]3[C@@H](C2=O)C2(Cl)c4ccccc4C3(Cl)c3ccccc32)c(C)cc1Br. The van der Waals surface area contributed by atoms with E-state index in [1.54, 1.807) is 6.92 Å². The fourth-order valence-electron chi connectivity index (χ4n) is 6.34. The third-order valence-corrected chi connectivity index (χ3v) is 10.3. The first kappa shape index (κ1) is 24.7. The van der Waals surface area contributed by atoms with Crippen LogP contribution in [-0.2, 0) is 24.1 Å². The molecule has 8 heteroatoms. The maximum atomic E-state index is 14.0. The smallest absolute Gasteiger partial charge is 0.247 e. The Morgan fingerprint density at radius 3 is 1.73 bits per heavy atom. The summed E-state index contributed by atoms with van der Waals surface area (Å²) in [6.07, 6.45) is 0. The average Bonchev–Trinajstić information content (AvgIpc) is 3.16. The lowest BCUT2D eigenvalue weighted by Gasteiger charge is -2.54. The number of imide groups is 1. The normalized spacial score (nSPS) is 28.0. The van der Waals surface area contributed by atoms with Gasteiger partial charge in [-0.15, -0.1) is 23.2 Å². The van der Waals surface area contributed by atoms with Gasteiger partial charge in [0.25, 0.3) is 0 Å². The first-order valence-corrected chi connectivity index (χ1v) is 13.6. The highest BCUT2D eigenvalue weighted by molar-refractivity contribution is 9.10. The molecule has 3 aromatic rings. The van der Waals surface area contributed by atoms with E-state index in [1.165, 1.54) is 0 Å². The summed E-state index contributed by atoms with van der Waals surface area (Å²) in [4.78, 5) is 40.0. The van der Waals surface area contributed by atoms with Gasteiger partial charge in [0, 0.05) is 10.2 Å².